The molecule has 1 aromatic rings. The molecule has 4 heteroatoms. The molecule has 7 heavy (non-hydrogen) atoms. The van der Waals surface area contributed by atoms with Crippen molar-refractivity contribution < 1.29 is 5.11 Å². The largest absolute Gasteiger partial charge is 0.492 e. The van der Waals surface area contributed by atoms with Crippen molar-refractivity contribution in [2.75, 3.05) is 0 Å². The maximum Gasteiger partial charge on any atom is 0.233 e. The summed E-state index contributed by atoms with van der Waals surface area (Å²) in [6, 6.07) is 0. The third-order valence-electron chi connectivity index (χ3n) is 0.482. The van der Waals surface area contributed by atoms with E-state index in [9.17, 15) is 0 Å². The summed E-state index contributed by atoms with van der Waals surface area (Å²) in [5, 5.41) is 15.1. The molecule has 1 N–H and O–H groups in total. The summed E-state index contributed by atoms with van der Waals surface area (Å²) >= 11 is 0. The number of hydrogen-bond acceptors (Lipinski definition) is 4. The van der Waals surface area contributed by atoms with E-state index in [0.29, 0.717) is 0 Å². The van der Waals surface area contributed by atoms with Crippen LogP contribution in [0.3, 0.4) is 0 Å². The zero-order valence-electron chi connectivity index (χ0n) is 3.44. The topological polar surface area (TPSA) is 58.9 Å². The van der Waals surface area contributed by atoms with E-state index < -0.39 is 0 Å². The minimum Gasteiger partial charge on any atom is -0.492 e. The molecule has 0 fully saturated rings. The van der Waals surface area contributed by atoms with Crippen LogP contribution in [0, 0.1) is 0 Å². The van der Waals surface area contributed by atoms with Crippen LogP contribution in [0.15, 0.2) is 12.5 Å². The van der Waals surface area contributed by atoms with Gasteiger partial charge >= 0.3 is 0 Å². The SMILES string of the molecule is Oc1cnncn1. The Morgan fingerprint density at radius 1 is 1.43 bits per heavy atom. The van der Waals surface area contributed by atoms with E-state index in [1.54, 1.807) is 0 Å². The van der Waals surface area contributed by atoms with E-state index in [1.807, 2.05) is 0 Å². The van der Waals surface area contributed by atoms with Gasteiger partial charge in [0.25, 0.3) is 0 Å². The van der Waals surface area contributed by atoms with Gasteiger partial charge in [-0.2, -0.15) is 10.1 Å². The molecule has 1 heterocycles. The van der Waals surface area contributed by atoms with Crippen LogP contribution in [0.5, 0.6) is 5.88 Å². The highest BCUT2D eigenvalue weighted by molar-refractivity contribution is 4.93. The molecule has 0 bridgehead atoms. The van der Waals surface area contributed by atoms with Crippen molar-refractivity contribution >= 4 is 0 Å². The van der Waals surface area contributed by atoms with Crippen LogP contribution in [0.2, 0.25) is 0 Å². The van der Waals surface area contributed by atoms with E-state index in [0.717, 1.165) is 0 Å². The second-order valence-corrected chi connectivity index (χ2v) is 0.963. The summed E-state index contributed by atoms with van der Waals surface area (Å²) in [4.78, 5) is 3.36. The van der Waals surface area contributed by atoms with Gasteiger partial charge in [0, 0.05) is 0 Å². The van der Waals surface area contributed by atoms with E-state index in [4.69, 9.17) is 5.11 Å². The average molecular weight is 97.1 g/mol. The van der Waals surface area contributed by atoms with E-state index in [1.165, 1.54) is 12.5 Å². The van der Waals surface area contributed by atoms with Gasteiger partial charge in [-0.3, -0.25) is 0 Å². The second-order valence-electron chi connectivity index (χ2n) is 0.963. The van der Waals surface area contributed by atoms with Crippen LogP contribution in [-0.4, -0.2) is 20.3 Å². The van der Waals surface area contributed by atoms with Gasteiger partial charge in [0.15, 0.2) is 0 Å². The lowest BCUT2D eigenvalue weighted by Gasteiger charge is -1.79. The highest BCUT2D eigenvalue weighted by atomic mass is 16.3. The van der Waals surface area contributed by atoms with Crippen molar-refractivity contribution in [2.45, 2.75) is 0 Å². The lowest BCUT2D eigenvalue weighted by atomic mass is 10.8. The molecular formula is C3H3N3O. The minimum atomic E-state index is -0.102. The second kappa shape index (κ2) is 1.51. The molecule has 0 aliphatic carbocycles. The molecule has 1 rings (SSSR count). The summed E-state index contributed by atoms with van der Waals surface area (Å²) in [7, 11) is 0. The van der Waals surface area contributed by atoms with E-state index >= 15 is 0 Å². The summed E-state index contributed by atoms with van der Waals surface area (Å²) in [5.74, 6) is -0.102. The molecule has 4 nitrogen and oxygen atoms in total. The summed E-state index contributed by atoms with van der Waals surface area (Å²) < 4.78 is 0. The van der Waals surface area contributed by atoms with Crippen molar-refractivity contribution in [3.63, 3.8) is 0 Å². The van der Waals surface area contributed by atoms with Crippen LogP contribution >= 0.6 is 0 Å². The Morgan fingerprint density at radius 3 is 2.57 bits per heavy atom. The minimum absolute atomic E-state index is 0.102. The summed E-state index contributed by atoms with van der Waals surface area (Å²) in [5.41, 5.74) is 0. The molecule has 1 aromatic heterocycles. The Hall–Kier alpha value is -1.19. The molecule has 0 spiro atoms. The number of nitrogens with zero attached hydrogens (tertiary/aromatic N) is 3. The van der Waals surface area contributed by atoms with Gasteiger partial charge in [-0.15, -0.1) is 5.10 Å². The van der Waals surface area contributed by atoms with Crippen LogP contribution in [0.1, 0.15) is 0 Å². The van der Waals surface area contributed by atoms with E-state index in [2.05, 4.69) is 15.2 Å². The van der Waals surface area contributed by atoms with Gasteiger partial charge in [0.1, 0.15) is 12.5 Å². The Bertz CT molecular complexity index is 140. The number of rotatable bonds is 0. The monoisotopic (exact) mass is 97.0 g/mol. The predicted molar refractivity (Wildman–Crippen MR) is 21.5 cm³/mol. The van der Waals surface area contributed by atoms with Crippen molar-refractivity contribution in [2.24, 2.45) is 0 Å². The zero-order valence-corrected chi connectivity index (χ0v) is 3.44. The first-order valence-electron chi connectivity index (χ1n) is 1.71. The van der Waals surface area contributed by atoms with Crippen molar-refractivity contribution in [1.29, 1.82) is 0 Å². The molecule has 0 aromatic carbocycles. The quantitative estimate of drug-likeness (QED) is 0.477. The van der Waals surface area contributed by atoms with Crippen molar-refractivity contribution in [1.82, 2.24) is 15.2 Å². The number of hydrogen-bond donors (Lipinski definition) is 1. The lowest BCUT2D eigenvalue weighted by molar-refractivity contribution is 0.447. The van der Waals surface area contributed by atoms with Gasteiger partial charge in [0.05, 0.1) is 0 Å². The fraction of sp³-hybridized carbons (Fsp3) is 0. The standard InChI is InChI=1S/C3H3N3O/c7-3-1-5-6-2-4-3/h1-2H,(H,4,6,7). The van der Waals surface area contributed by atoms with Crippen LogP contribution in [-0.2, 0) is 0 Å². The van der Waals surface area contributed by atoms with Crippen molar-refractivity contribution in [3.05, 3.63) is 12.5 Å². The third kappa shape index (κ3) is 0.819. The fourth-order valence-electron chi connectivity index (χ4n) is 0.233. The lowest BCUT2D eigenvalue weighted by Crippen LogP contribution is -1.78. The molecule has 0 aliphatic heterocycles. The van der Waals surface area contributed by atoms with Gasteiger partial charge in [0.2, 0.25) is 5.88 Å². The Labute approximate surface area is 39.9 Å². The third-order valence-corrected chi connectivity index (χ3v) is 0.482. The molecule has 36 valence electrons. The smallest absolute Gasteiger partial charge is 0.233 e. The van der Waals surface area contributed by atoms with E-state index in [-0.39, 0.29) is 5.88 Å². The average Bonchev–Trinajstić information content (AvgIpc) is 1.69. The van der Waals surface area contributed by atoms with Gasteiger partial charge < -0.3 is 5.11 Å². The maximum atomic E-state index is 8.42. The van der Waals surface area contributed by atoms with Gasteiger partial charge in [-0.1, -0.05) is 0 Å². The molecule has 0 saturated carbocycles. The van der Waals surface area contributed by atoms with Gasteiger partial charge in [-0.25, -0.2) is 0 Å². The number of aromatic hydroxyl groups is 1. The summed E-state index contributed by atoms with van der Waals surface area (Å²) in [6.45, 7) is 0. The van der Waals surface area contributed by atoms with Crippen LogP contribution < -0.4 is 0 Å². The molecule has 0 unspecified atom stereocenters. The van der Waals surface area contributed by atoms with Crippen LogP contribution in [0.25, 0.3) is 0 Å². The predicted octanol–water partition coefficient (Wildman–Crippen LogP) is -0.423. The first kappa shape index (κ1) is 3.98. The first-order valence-corrected chi connectivity index (χ1v) is 1.71. The first-order chi connectivity index (χ1) is 3.39. The zero-order chi connectivity index (χ0) is 5.11. The molecule has 0 amide bonds. The molecular weight excluding hydrogens is 94.1 g/mol. The normalized spacial score (nSPS) is 8.57. The van der Waals surface area contributed by atoms with Crippen LogP contribution in [0.4, 0.5) is 0 Å². The highest BCUT2D eigenvalue weighted by Gasteiger charge is 1.79. The fourth-order valence-corrected chi connectivity index (χ4v) is 0.233. The molecule has 0 radical (unpaired) electrons. The maximum absolute atomic E-state index is 8.42. The highest BCUT2D eigenvalue weighted by Crippen LogP contribution is 1.91. The molecule has 0 saturated heterocycles. The summed E-state index contributed by atoms with van der Waals surface area (Å²) in [6.07, 6.45) is 2.34. The Morgan fingerprint density at radius 2 is 2.29 bits per heavy atom. The van der Waals surface area contributed by atoms with Crippen molar-refractivity contribution in [3.8, 4) is 5.88 Å². The van der Waals surface area contributed by atoms with Gasteiger partial charge in [-0.05, 0) is 0 Å². The Balaban J connectivity index is 3.02. The molecule has 0 atom stereocenters. The molecule has 0 aliphatic rings. The Kier molecular flexibility index (Phi) is 0.856. The number of aromatic nitrogens is 3.